The van der Waals surface area contributed by atoms with Crippen LogP contribution in [-0.4, -0.2) is 7.05 Å². The van der Waals surface area contributed by atoms with E-state index >= 15 is 0 Å². The summed E-state index contributed by atoms with van der Waals surface area (Å²) in [7, 11) is 1.77. The van der Waals surface area contributed by atoms with Crippen molar-refractivity contribution in [2.75, 3.05) is 7.05 Å². The Bertz CT molecular complexity index is 593. The Balaban J connectivity index is 2.53. The van der Waals surface area contributed by atoms with Gasteiger partial charge in [-0.15, -0.1) is 0 Å². The molecule has 3 heteroatoms. The molecule has 2 rings (SSSR count). The zero-order chi connectivity index (χ0) is 14.0. The number of benzene rings is 2. The van der Waals surface area contributed by atoms with Crippen LogP contribution in [0.5, 0.6) is 0 Å². The number of hydrogen-bond acceptors (Lipinski definition) is 1. The van der Waals surface area contributed by atoms with Crippen molar-refractivity contribution >= 4 is 0 Å². The molecule has 0 aliphatic carbocycles. The summed E-state index contributed by atoms with van der Waals surface area (Å²) in [5, 5.41) is 3.10. The summed E-state index contributed by atoms with van der Waals surface area (Å²) in [4.78, 5) is 0. The largest absolute Gasteiger partial charge is 0.309 e. The molecular weight excluding hydrogens is 244 g/mol. The Morgan fingerprint density at radius 1 is 1.00 bits per heavy atom. The van der Waals surface area contributed by atoms with Crippen LogP contribution in [0.15, 0.2) is 36.4 Å². The molecule has 0 spiro atoms. The fourth-order valence-corrected chi connectivity index (χ4v) is 2.30. The number of halogens is 2. The van der Waals surface area contributed by atoms with Crippen LogP contribution in [0.25, 0.3) is 0 Å². The molecule has 0 fully saturated rings. The topological polar surface area (TPSA) is 12.0 Å². The molecule has 1 atom stereocenters. The highest BCUT2D eigenvalue weighted by Gasteiger charge is 2.18. The van der Waals surface area contributed by atoms with Crippen LogP contribution in [0.3, 0.4) is 0 Å². The van der Waals surface area contributed by atoms with E-state index in [1.165, 1.54) is 12.1 Å². The first-order valence-electron chi connectivity index (χ1n) is 6.23. The van der Waals surface area contributed by atoms with Gasteiger partial charge in [0.2, 0.25) is 0 Å². The molecule has 100 valence electrons. The predicted octanol–water partition coefficient (Wildman–Crippen LogP) is 3.89. The second-order valence-electron chi connectivity index (χ2n) is 4.68. The van der Waals surface area contributed by atoms with Crippen molar-refractivity contribution < 1.29 is 8.78 Å². The average molecular weight is 261 g/mol. The van der Waals surface area contributed by atoms with Crippen molar-refractivity contribution in [3.05, 3.63) is 70.3 Å². The second kappa shape index (κ2) is 5.49. The Labute approximate surface area is 112 Å². The quantitative estimate of drug-likeness (QED) is 0.883. The standard InChI is InChI=1S/C16H17F2N/c1-10-5-4-6-13(11(10)2)16(19-3)14-8-7-12(17)9-15(14)18/h4-9,16,19H,1-3H3. The fraction of sp³-hybridized carbons (Fsp3) is 0.250. The lowest BCUT2D eigenvalue weighted by atomic mass is 9.92. The van der Waals surface area contributed by atoms with E-state index in [4.69, 9.17) is 0 Å². The third-order valence-corrected chi connectivity index (χ3v) is 3.52. The summed E-state index contributed by atoms with van der Waals surface area (Å²) in [6.45, 7) is 4.03. The van der Waals surface area contributed by atoms with Crippen molar-refractivity contribution in [2.45, 2.75) is 19.9 Å². The predicted molar refractivity (Wildman–Crippen MR) is 73.2 cm³/mol. The number of rotatable bonds is 3. The first-order chi connectivity index (χ1) is 9.04. The van der Waals surface area contributed by atoms with Gasteiger partial charge in [-0.1, -0.05) is 24.3 Å². The van der Waals surface area contributed by atoms with Gasteiger partial charge in [0.15, 0.2) is 0 Å². The Morgan fingerprint density at radius 3 is 2.37 bits per heavy atom. The SMILES string of the molecule is CNC(c1ccc(F)cc1F)c1cccc(C)c1C. The first kappa shape index (κ1) is 13.7. The fourth-order valence-electron chi connectivity index (χ4n) is 2.30. The molecule has 0 amide bonds. The third-order valence-electron chi connectivity index (χ3n) is 3.52. The molecule has 2 aromatic rings. The van der Waals surface area contributed by atoms with Gasteiger partial charge in [0, 0.05) is 11.6 Å². The zero-order valence-electron chi connectivity index (χ0n) is 11.3. The lowest BCUT2D eigenvalue weighted by Crippen LogP contribution is -2.20. The van der Waals surface area contributed by atoms with Gasteiger partial charge in [0.05, 0.1) is 6.04 Å². The van der Waals surface area contributed by atoms with Crippen molar-refractivity contribution in [1.29, 1.82) is 0 Å². The van der Waals surface area contributed by atoms with Gasteiger partial charge in [-0.05, 0) is 43.7 Å². The summed E-state index contributed by atoms with van der Waals surface area (Å²) in [5.41, 5.74) is 3.73. The minimum atomic E-state index is -0.558. The molecule has 1 N–H and O–H groups in total. The molecule has 0 heterocycles. The van der Waals surface area contributed by atoms with E-state index in [1.54, 1.807) is 7.05 Å². The van der Waals surface area contributed by atoms with Crippen molar-refractivity contribution in [1.82, 2.24) is 5.32 Å². The highest BCUT2D eigenvalue weighted by molar-refractivity contribution is 5.41. The van der Waals surface area contributed by atoms with Gasteiger partial charge < -0.3 is 5.32 Å². The lowest BCUT2D eigenvalue weighted by molar-refractivity contribution is 0.551. The van der Waals surface area contributed by atoms with Crippen molar-refractivity contribution in [3.63, 3.8) is 0 Å². The summed E-state index contributed by atoms with van der Waals surface area (Å²) < 4.78 is 26.9. The smallest absolute Gasteiger partial charge is 0.131 e. The molecule has 0 aliphatic rings. The van der Waals surface area contributed by atoms with E-state index in [-0.39, 0.29) is 6.04 Å². The molecule has 2 aromatic carbocycles. The number of aryl methyl sites for hydroxylation is 1. The van der Waals surface area contributed by atoms with Gasteiger partial charge in [-0.25, -0.2) is 8.78 Å². The number of nitrogens with one attached hydrogen (secondary N) is 1. The summed E-state index contributed by atoms with van der Waals surface area (Å²) >= 11 is 0. The van der Waals surface area contributed by atoms with E-state index in [2.05, 4.69) is 5.32 Å². The van der Waals surface area contributed by atoms with Crippen LogP contribution < -0.4 is 5.32 Å². The monoisotopic (exact) mass is 261 g/mol. The van der Waals surface area contributed by atoms with Gasteiger partial charge >= 0.3 is 0 Å². The molecule has 0 saturated heterocycles. The minimum absolute atomic E-state index is 0.277. The molecule has 0 aliphatic heterocycles. The Kier molecular flexibility index (Phi) is 3.96. The van der Waals surface area contributed by atoms with E-state index < -0.39 is 11.6 Å². The van der Waals surface area contributed by atoms with Crippen molar-refractivity contribution in [3.8, 4) is 0 Å². The molecule has 0 saturated carbocycles. The van der Waals surface area contributed by atoms with Crippen LogP contribution in [0.2, 0.25) is 0 Å². The highest BCUT2D eigenvalue weighted by Crippen LogP contribution is 2.28. The molecule has 19 heavy (non-hydrogen) atoms. The first-order valence-corrected chi connectivity index (χ1v) is 6.23. The van der Waals surface area contributed by atoms with E-state index in [0.29, 0.717) is 5.56 Å². The van der Waals surface area contributed by atoms with Crippen LogP contribution >= 0.6 is 0 Å². The van der Waals surface area contributed by atoms with Crippen LogP contribution in [0.1, 0.15) is 28.3 Å². The van der Waals surface area contributed by atoms with Crippen LogP contribution in [-0.2, 0) is 0 Å². The van der Waals surface area contributed by atoms with E-state index in [9.17, 15) is 8.78 Å². The maximum atomic E-state index is 13.9. The third kappa shape index (κ3) is 2.66. The van der Waals surface area contributed by atoms with Crippen LogP contribution in [0, 0.1) is 25.5 Å². The summed E-state index contributed by atoms with van der Waals surface area (Å²) in [5.74, 6) is -1.09. The normalized spacial score (nSPS) is 12.5. The summed E-state index contributed by atoms with van der Waals surface area (Å²) in [6.07, 6.45) is 0. The van der Waals surface area contributed by atoms with Gasteiger partial charge in [-0.3, -0.25) is 0 Å². The lowest BCUT2D eigenvalue weighted by Gasteiger charge is -2.21. The molecule has 0 aromatic heterocycles. The molecule has 1 unspecified atom stereocenters. The number of hydrogen-bond donors (Lipinski definition) is 1. The summed E-state index contributed by atoms with van der Waals surface area (Å²) in [6, 6.07) is 9.36. The molecule has 1 nitrogen and oxygen atoms in total. The van der Waals surface area contributed by atoms with Gasteiger partial charge in [0.1, 0.15) is 11.6 Å². The maximum Gasteiger partial charge on any atom is 0.131 e. The van der Waals surface area contributed by atoms with Crippen LogP contribution in [0.4, 0.5) is 8.78 Å². The van der Waals surface area contributed by atoms with Gasteiger partial charge in [-0.2, -0.15) is 0 Å². The highest BCUT2D eigenvalue weighted by atomic mass is 19.1. The zero-order valence-corrected chi connectivity index (χ0v) is 11.3. The second-order valence-corrected chi connectivity index (χ2v) is 4.68. The van der Waals surface area contributed by atoms with E-state index in [1.807, 2.05) is 32.0 Å². The molecular formula is C16H17F2N. The van der Waals surface area contributed by atoms with Gasteiger partial charge in [0.25, 0.3) is 0 Å². The molecule has 0 bridgehead atoms. The van der Waals surface area contributed by atoms with Crippen molar-refractivity contribution in [2.24, 2.45) is 0 Å². The Morgan fingerprint density at radius 2 is 1.74 bits per heavy atom. The molecule has 0 radical (unpaired) electrons. The Hall–Kier alpha value is -1.74. The minimum Gasteiger partial charge on any atom is -0.309 e. The average Bonchev–Trinajstić information content (AvgIpc) is 2.37. The maximum absolute atomic E-state index is 13.9. The van der Waals surface area contributed by atoms with E-state index in [0.717, 1.165) is 22.8 Å².